The highest BCUT2D eigenvalue weighted by molar-refractivity contribution is 6.07. The second-order valence-corrected chi connectivity index (χ2v) is 17.0. The number of fused-ring (bicyclic) bond motifs is 1. The molecule has 316 valence electrons. The summed E-state index contributed by atoms with van der Waals surface area (Å²) in [5, 5.41) is 5.36. The van der Waals surface area contributed by atoms with E-state index in [1.54, 1.807) is 22.2 Å². The van der Waals surface area contributed by atoms with E-state index in [-0.39, 0.29) is 41.5 Å². The molecule has 3 aromatic rings. The SMILES string of the molecule is COC(=O)N[C@H](C(=O)N1CCC[C@H]1c1ncc(C#Cc2ccc(C#Cc3cnc([C@@H]4CCCN4C(=O)[C@@H](NC(=O)OC)C(C)C)[nH]3)c3c2CC2(CCCC2)C3=O)[nH]1)C(C)C. The Morgan fingerprint density at radius 2 is 1.20 bits per heavy atom. The molecule has 1 aromatic carbocycles. The van der Waals surface area contributed by atoms with Gasteiger partial charge in [-0.1, -0.05) is 52.4 Å². The lowest BCUT2D eigenvalue weighted by atomic mass is 9.82. The number of likely N-dealkylation sites (tertiary alicyclic amines) is 2. The molecule has 4 N–H and O–H groups in total. The van der Waals surface area contributed by atoms with E-state index < -0.39 is 29.7 Å². The van der Waals surface area contributed by atoms with Crippen molar-refractivity contribution in [1.82, 2.24) is 40.4 Å². The Balaban J connectivity index is 1.11. The van der Waals surface area contributed by atoms with Crippen molar-refractivity contribution in [2.45, 2.75) is 110 Å². The quantitative estimate of drug-likeness (QED) is 0.218. The monoisotopic (exact) mass is 818 g/mol. The van der Waals surface area contributed by atoms with E-state index in [4.69, 9.17) is 9.47 Å². The highest BCUT2D eigenvalue weighted by atomic mass is 16.5. The molecule has 0 radical (unpaired) electrons. The zero-order chi connectivity index (χ0) is 42.7. The second-order valence-electron chi connectivity index (χ2n) is 17.0. The number of Topliss-reactive ketones (excluding diaryl/α,β-unsaturated/α-hetero) is 1. The van der Waals surface area contributed by atoms with Crippen molar-refractivity contribution >= 4 is 29.8 Å². The number of imidazole rings is 2. The molecule has 7 rings (SSSR count). The van der Waals surface area contributed by atoms with E-state index in [0.29, 0.717) is 53.7 Å². The molecule has 3 fully saturated rings. The minimum atomic E-state index is -0.735. The van der Waals surface area contributed by atoms with Crippen LogP contribution in [0.3, 0.4) is 0 Å². The first-order valence-corrected chi connectivity index (χ1v) is 21.0. The number of nitrogens with one attached hydrogen (secondary N) is 4. The van der Waals surface area contributed by atoms with Gasteiger partial charge < -0.3 is 39.9 Å². The van der Waals surface area contributed by atoms with E-state index in [9.17, 15) is 24.0 Å². The molecule has 4 amide bonds. The number of alkyl carbamates (subject to hydrolysis) is 2. The van der Waals surface area contributed by atoms with Crippen molar-refractivity contribution < 1.29 is 33.4 Å². The van der Waals surface area contributed by atoms with Crippen LogP contribution >= 0.6 is 0 Å². The zero-order valence-corrected chi connectivity index (χ0v) is 35.2. The summed E-state index contributed by atoms with van der Waals surface area (Å²) in [6, 6.07) is 1.75. The van der Waals surface area contributed by atoms with Crippen LogP contribution in [0.5, 0.6) is 0 Å². The predicted molar refractivity (Wildman–Crippen MR) is 220 cm³/mol. The second kappa shape index (κ2) is 17.6. The molecule has 4 aliphatic rings. The minimum absolute atomic E-state index is 0.129. The Labute approximate surface area is 350 Å². The molecule has 4 atom stereocenters. The van der Waals surface area contributed by atoms with Gasteiger partial charge in [-0.05, 0) is 86.3 Å². The molecule has 4 heterocycles. The number of rotatable bonds is 8. The molecule has 15 nitrogen and oxygen atoms in total. The van der Waals surface area contributed by atoms with Gasteiger partial charge >= 0.3 is 12.2 Å². The summed E-state index contributed by atoms with van der Waals surface area (Å²) in [7, 11) is 2.55. The zero-order valence-electron chi connectivity index (χ0n) is 35.2. The molecule has 2 aliphatic heterocycles. The van der Waals surface area contributed by atoms with Crippen LogP contribution in [0.4, 0.5) is 9.59 Å². The van der Waals surface area contributed by atoms with E-state index in [1.807, 2.05) is 39.8 Å². The third-order valence-electron chi connectivity index (χ3n) is 12.4. The Kier molecular flexibility index (Phi) is 12.4. The van der Waals surface area contributed by atoms with Crippen molar-refractivity contribution in [3.8, 4) is 23.7 Å². The van der Waals surface area contributed by atoms with Gasteiger partial charge in [-0.15, -0.1) is 0 Å². The number of nitrogens with zero attached hydrogens (tertiary/aromatic N) is 4. The highest BCUT2D eigenvalue weighted by Crippen LogP contribution is 2.50. The maximum atomic E-state index is 14.3. The summed E-state index contributed by atoms with van der Waals surface area (Å²) >= 11 is 0. The Hall–Kier alpha value is -6.09. The molecule has 60 heavy (non-hydrogen) atoms. The van der Waals surface area contributed by atoms with Crippen LogP contribution < -0.4 is 10.6 Å². The third kappa shape index (κ3) is 8.35. The standard InChI is InChI=1S/C45H54N8O7/c1-26(2)36(50-43(57)59-5)41(55)52-21-9-11-33(52)39-46-24-30(48-39)17-15-28-13-14-29(35-32(28)23-45(38(35)54)19-7-8-20-45)16-18-31-25-47-40(49-31)34-12-10-22-53(34)42(56)37(27(3)4)51-44(58)60-6/h13-14,24-27,33-34,36-37H,7-12,19-23H2,1-6H3,(H,46,48)(H,47,49)(H,50,57)(H,51,58)/t33-,34-,36-,37-/m0/s1. The van der Waals surface area contributed by atoms with Crippen molar-refractivity contribution in [3.63, 3.8) is 0 Å². The number of ether oxygens (including phenoxy) is 2. The lowest BCUT2D eigenvalue weighted by molar-refractivity contribution is -0.136. The lowest BCUT2D eigenvalue weighted by Gasteiger charge is -2.29. The number of aromatic nitrogens is 4. The number of H-pyrrole nitrogens is 2. The van der Waals surface area contributed by atoms with Crippen molar-refractivity contribution in [2.75, 3.05) is 27.3 Å². The van der Waals surface area contributed by atoms with Gasteiger partial charge in [0.15, 0.2) is 5.78 Å². The van der Waals surface area contributed by atoms with Gasteiger partial charge in [0.2, 0.25) is 11.8 Å². The molecular weight excluding hydrogens is 765 g/mol. The number of carbonyl (C=O) groups is 5. The van der Waals surface area contributed by atoms with Crippen LogP contribution in [0.1, 0.15) is 141 Å². The first-order chi connectivity index (χ1) is 28.8. The number of hydrogen-bond acceptors (Lipinski definition) is 9. The summed E-state index contributed by atoms with van der Waals surface area (Å²) in [5.41, 5.74) is 3.67. The van der Waals surface area contributed by atoms with Crippen molar-refractivity contribution in [3.05, 3.63) is 69.8 Å². The van der Waals surface area contributed by atoms with Gasteiger partial charge in [0, 0.05) is 35.2 Å². The number of ketones is 1. The number of hydrogen-bond donors (Lipinski definition) is 4. The fourth-order valence-corrected chi connectivity index (χ4v) is 9.25. The van der Waals surface area contributed by atoms with Crippen LogP contribution in [0.15, 0.2) is 24.5 Å². The lowest BCUT2D eigenvalue weighted by Crippen LogP contribution is -2.51. The first kappa shape index (κ1) is 42.0. The van der Waals surface area contributed by atoms with Crippen molar-refractivity contribution in [2.24, 2.45) is 17.3 Å². The van der Waals surface area contributed by atoms with Gasteiger partial charge in [-0.3, -0.25) is 14.4 Å². The molecule has 2 aliphatic carbocycles. The van der Waals surface area contributed by atoms with Crippen LogP contribution in [-0.4, -0.2) is 98.9 Å². The summed E-state index contributed by atoms with van der Waals surface area (Å²) in [5.74, 6) is 13.7. The number of methoxy groups -OCH3 is 2. The fraction of sp³-hybridized carbons (Fsp3) is 0.533. The average Bonchev–Trinajstić information content (AvgIpc) is 4.10. The van der Waals surface area contributed by atoms with Crippen LogP contribution in [0, 0.1) is 40.9 Å². The summed E-state index contributed by atoms with van der Waals surface area (Å²) < 4.78 is 9.52. The number of carbonyl (C=O) groups excluding carboxylic acids is 5. The molecule has 1 spiro atoms. The Morgan fingerprint density at radius 1 is 0.733 bits per heavy atom. The van der Waals surface area contributed by atoms with Gasteiger partial charge in [0.25, 0.3) is 0 Å². The minimum Gasteiger partial charge on any atom is -0.453 e. The van der Waals surface area contributed by atoms with E-state index >= 15 is 0 Å². The maximum Gasteiger partial charge on any atom is 0.407 e. The predicted octanol–water partition coefficient (Wildman–Crippen LogP) is 5.32. The summed E-state index contributed by atoms with van der Waals surface area (Å²) in [6.45, 7) is 8.61. The van der Waals surface area contributed by atoms with Gasteiger partial charge in [0.05, 0.1) is 38.7 Å². The third-order valence-corrected chi connectivity index (χ3v) is 12.4. The number of amides is 4. The number of aromatic amines is 2. The Morgan fingerprint density at radius 3 is 1.67 bits per heavy atom. The smallest absolute Gasteiger partial charge is 0.407 e. The molecule has 0 unspecified atom stereocenters. The van der Waals surface area contributed by atoms with Gasteiger partial charge in [0.1, 0.15) is 35.1 Å². The van der Waals surface area contributed by atoms with E-state index in [2.05, 4.69) is 54.3 Å². The number of benzene rings is 1. The summed E-state index contributed by atoms with van der Waals surface area (Å²) in [6.07, 6.45) is 9.35. The highest BCUT2D eigenvalue weighted by Gasteiger charge is 2.48. The molecule has 15 heteroatoms. The Bertz CT molecular complexity index is 2280. The van der Waals surface area contributed by atoms with Crippen LogP contribution in [0.25, 0.3) is 0 Å². The van der Waals surface area contributed by atoms with Crippen LogP contribution in [-0.2, 0) is 25.5 Å². The molecular formula is C45H54N8O7. The van der Waals surface area contributed by atoms with Crippen molar-refractivity contribution in [1.29, 1.82) is 0 Å². The topological polar surface area (TPSA) is 192 Å². The largest absolute Gasteiger partial charge is 0.453 e. The fourth-order valence-electron chi connectivity index (χ4n) is 9.25. The molecule has 2 saturated heterocycles. The van der Waals surface area contributed by atoms with E-state index in [1.165, 1.54) is 14.2 Å². The average molecular weight is 819 g/mol. The van der Waals surface area contributed by atoms with Crippen LogP contribution in [0.2, 0.25) is 0 Å². The summed E-state index contributed by atoms with van der Waals surface area (Å²) in [4.78, 5) is 84.9. The molecule has 1 saturated carbocycles. The van der Waals surface area contributed by atoms with Gasteiger partial charge in [-0.2, -0.15) is 0 Å². The molecule has 2 aromatic heterocycles. The molecule has 0 bridgehead atoms. The van der Waals surface area contributed by atoms with Gasteiger partial charge in [-0.25, -0.2) is 19.6 Å². The normalized spacial score (nSPS) is 20.0. The maximum absolute atomic E-state index is 14.3. The first-order valence-electron chi connectivity index (χ1n) is 21.0. The van der Waals surface area contributed by atoms with E-state index in [0.717, 1.165) is 62.5 Å².